The molecule has 5 rings (SSSR count). The number of β-amino-alcohol motifs (C(OH)–C–C–N with tert-alkyl or cyclic N) is 1. The third kappa shape index (κ3) is 6.93. The van der Waals surface area contributed by atoms with Crippen molar-refractivity contribution in [1.29, 1.82) is 0 Å². The Morgan fingerprint density at radius 2 is 1.64 bits per heavy atom. The van der Waals surface area contributed by atoms with Crippen LogP contribution in [0, 0.1) is 0 Å². The van der Waals surface area contributed by atoms with Gasteiger partial charge in [0.15, 0.2) is 0 Å². The molecule has 3 saturated heterocycles. The van der Waals surface area contributed by atoms with Crippen molar-refractivity contribution >= 4 is 5.91 Å². The van der Waals surface area contributed by atoms with Crippen molar-refractivity contribution in [2.45, 2.75) is 69.2 Å². The molecule has 3 heterocycles. The van der Waals surface area contributed by atoms with Crippen molar-refractivity contribution < 1.29 is 19.4 Å². The first kappa shape index (κ1) is 25.4. The quantitative estimate of drug-likeness (QED) is 0.618. The number of aliphatic hydroxyl groups excluding tert-OH is 1. The molecule has 0 unspecified atom stereocenters. The molecule has 36 heavy (non-hydrogen) atoms. The number of benzene rings is 2. The van der Waals surface area contributed by atoms with E-state index >= 15 is 0 Å². The van der Waals surface area contributed by atoms with E-state index < -0.39 is 6.10 Å². The van der Waals surface area contributed by atoms with Gasteiger partial charge in [0.1, 0.15) is 0 Å². The number of rotatable bonds is 7. The van der Waals surface area contributed by atoms with Crippen LogP contribution in [0.1, 0.15) is 36.8 Å². The highest BCUT2D eigenvalue weighted by molar-refractivity contribution is 5.76. The van der Waals surface area contributed by atoms with Gasteiger partial charge in [-0.15, -0.1) is 0 Å². The Morgan fingerprint density at radius 1 is 0.917 bits per heavy atom. The summed E-state index contributed by atoms with van der Waals surface area (Å²) in [6.45, 7) is 4.91. The summed E-state index contributed by atoms with van der Waals surface area (Å²) in [6.07, 6.45) is 2.44. The summed E-state index contributed by atoms with van der Waals surface area (Å²) >= 11 is 0. The fraction of sp³-hybridized carbons (Fsp3) is 0.552. The molecule has 0 aliphatic carbocycles. The second kappa shape index (κ2) is 12.3. The van der Waals surface area contributed by atoms with E-state index in [4.69, 9.17) is 9.47 Å². The van der Waals surface area contributed by atoms with Crippen molar-refractivity contribution in [2.75, 3.05) is 32.8 Å². The normalized spacial score (nSPS) is 29.8. The number of likely N-dealkylation sites (tertiary alicyclic amines) is 1. The van der Waals surface area contributed by atoms with Crippen molar-refractivity contribution in [3.8, 4) is 0 Å². The molecule has 7 heteroatoms. The summed E-state index contributed by atoms with van der Waals surface area (Å²) < 4.78 is 12.2. The lowest BCUT2D eigenvalue weighted by Gasteiger charge is -2.44. The molecule has 7 nitrogen and oxygen atoms in total. The van der Waals surface area contributed by atoms with Crippen molar-refractivity contribution in [2.24, 2.45) is 0 Å². The van der Waals surface area contributed by atoms with Gasteiger partial charge in [-0.05, 0) is 30.4 Å². The van der Waals surface area contributed by atoms with Gasteiger partial charge in [0.2, 0.25) is 5.91 Å². The van der Waals surface area contributed by atoms with E-state index in [2.05, 4.69) is 51.5 Å². The standard InChI is InChI=1S/C29H39N3O4/c33-25-19-32(17-23-9-5-2-6-10-23)27-12-11-26(36-28(27)21-35-20-25)15-29(34)30-24-13-14-31(18-24)16-22-7-3-1-4-8-22/h1-10,24-28,33H,11-21H2,(H,30,34)/t24-,25+,26-,27+,28-/m1/s1. The Balaban J connectivity index is 1.11. The number of carbonyl (C=O) groups is 1. The average molecular weight is 494 g/mol. The Morgan fingerprint density at radius 3 is 2.39 bits per heavy atom. The van der Waals surface area contributed by atoms with Crippen LogP contribution in [-0.4, -0.2) is 84.1 Å². The number of aliphatic hydroxyl groups is 1. The van der Waals surface area contributed by atoms with Crippen LogP contribution in [-0.2, 0) is 27.4 Å². The topological polar surface area (TPSA) is 74.3 Å². The lowest BCUT2D eigenvalue weighted by molar-refractivity contribution is -0.158. The minimum Gasteiger partial charge on any atom is -0.389 e. The molecule has 0 spiro atoms. The molecular weight excluding hydrogens is 454 g/mol. The zero-order valence-corrected chi connectivity index (χ0v) is 21.0. The second-order valence-corrected chi connectivity index (χ2v) is 10.5. The molecule has 2 aromatic rings. The molecule has 5 atom stereocenters. The first-order chi connectivity index (χ1) is 17.6. The predicted molar refractivity (Wildman–Crippen MR) is 138 cm³/mol. The van der Waals surface area contributed by atoms with Gasteiger partial charge >= 0.3 is 0 Å². The Hall–Kier alpha value is -2.29. The van der Waals surface area contributed by atoms with Crippen LogP contribution in [0.2, 0.25) is 0 Å². The van der Waals surface area contributed by atoms with Crippen molar-refractivity contribution in [3.05, 3.63) is 71.8 Å². The highest BCUT2D eigenvalue weighted by atomic mass is 16.5. The monoisotopic (exact) mass is 493 g/mol. The highest BCUT2D eigenvalue weighted by Crippen LogP contribution is 2.29. The van der Waals surface area contributed by atoms with Crippen LogP contribution in [0.3, 0.4) is 0 Å². The highest BCUT2D eigenvalue weighted by Gasteiger charge is 2.38. The first-order valence-corrected chi connectivity index (χ1v) is 13.4. The lowest BCUT2D eigenvalue weighted by atomic mass is 9.94. The predicted octanol–water partition coefficient (Wildman–Crippen LogP) is 2.58. The maximum Gasteiger partial charge on any atom is 0.222 e. The van der Waals surface area contributed by atoms with Crippen molar-refractivity contribution in [1.82, 2.24) is 15.1 Å². The number of nitrogens with zero attached hydrogens (tertiary/aromatic N) is 2. The van der Waals surface area contributed by atoms with E-state index in [1.165, 1.54) is 11.1 Å². The van der Waals surface area contributed by atoms with Gasteiger partial charge in [-0.2, -0.15) is 0 Å². The molecule has 0 bridgehead atoms. The van der Waals surface area contributed by atoms with E-state index in [1.807, 2.05) is 24.3 Å². The molecule has 3 fully saturated rings. The number of nitrogens with one attached hydrogen (secondary N) is 1. The fourth-order valence-corrected chi connectivity index (χ4v) is 5.87. The van der Waals surface area contributed by atoms with E-state index in [-0.39, 0.29) is 30.2 Å². The maximum atomic E-state index is 12.9. The van der Waals surface area contributed by atoms with Gasteiger partial charge < -0.3 is 19.9 Å². The lowest BCUT2D eigenvalue weighted by Crippen LogP contribution is -2.55. The first-order valence-electron chi connectivity index (χ1n) is 13.4. The largest absolute Gasteiger partial charge is 0.389 e. The van der Waals surface area contributed by atoms with Crippen LogP contribution in [0.5, 0.6) is 0 Å². The summed E-state index contributed by atoms with van der Waals surface area (Å²) in [7, 11) is 0. The van der Waals surface area contributed by atoms with Gasteiger partial charge in [0, 0.05) is 44.8 Å². The van der Waals surface area contributed by atoms with Crippen LogP contribution in [0.4, 0.5) is 0 Å². The van der Waals surface area contributed by atoms with Gasteiger partial charge in [0.25, 0.3) is 0 Å². The second-order valence-electron chi connectivity index (χ2n) is 10.5. The minimum atomic E-state index is -0.508. The minimum absolute atomic E-state index is 0.0772. The summed E-state index contributed by atoms with van der Waals surface area (Å²) in [4.78, 5) is 17.6. The maximum absolute atomic E-state index is 12.9. The smallest absolute Gasteiger partial charge is 0.222 e. The molecular formula is C29H39N3O4. The Bertz CT molecular complexity index is 960. The summed E-state index contributed by atoms with van der Waals surface area (Å²) in [5.41, 5.74) is 2.54. The summed E-state index contributed by atoms with van der Waals surface area (Å²) in [5.74, 6) is 0.0772. The van der Waals surface area contributed by atoms with Crippen LogP contribution in [0.25, 0.3) is 0 Å². The van der Waals surface area contributed by atoms with E-state index in [1.54, 1.807) is 0 Å². The number of hydrogen-bond donors (Lipinski definition) is 2. The fourth-order valence-electron chi connectivity index (χ4n) is 5.87. The van der Waals surface area contributed by atoms with Crippen LogP contribution < -0.4 is 5.32 Å². The molecule has 3 aliphatic heterocycles. The van der Waals surface area contributed by atoms with Gasteiger partial charge in [-0.1, -0.05) is 60.7 Å². The summed E-state index contributed by atoms with van der Waals surface area (Å²) in [6, 6.07) is 21.2. The molecule has 3 aliphatic rings. The molecule has 0 radical (unpaired) electrons. The van der Waals surface area contributed by atoms with Gasteiger partial charge in [-0.25, -0.2) is 0 Å². The SMILES string of the molecule is O=C(C[C@H]1CC[C@H]2[C@@H](COC[C@@H](O)CN2Cc2ccccc2)O1)N[C@@H]1CCN(Cc2ccccc2)C1. The van der Waals surface area contributed by atoms with E-state index in [0.29, 0.717) is 26.2 Å². The molecule has 1 amide bonds. The number of carbonyl (C=O) groups excluding carboxylic acids is 1. The third-order valence-corrected chi connectivity index (χ3v) is 7.62. The Labute approximate surface area is 214 Å². The number of amides is 1. The Kier molecular flexibility index (Phi) is 8.67. The molecule has 2 aromatic carbocycles. The average Bonchev–Trinajstić information content (AvgIpc) is 3.30. The number of ether oxygens (including phenoxy) is 2. The van der Waals surface area contributed by atoms with E-state index in [0.717, 1.165) is 45.4 Å². The van der Waals surface area contributed by atoms with Crippen LogP contribution in [0.15, 0.2) is 60.7 Å². The van der Waals surface area contributed by atoms with Crippen LogP contribution >= 0.6 is 0 Å². The zero-order chi connectivity index (χ0) is 24.7. The van der Waals surface area contributed by atoms with Gasteiger partial charge in [0.05, 0.1) is 37.9 Å². The third-order valence-electron chi connectivity index (χ3n) is 7.62. The van der Waals surface area contributed by atoms with E-state index in [9.17, 15) is 9.90 Å². The van der Waals surface area contributed by atoms with Gasteiger partial charge in [-0.3, -0.25) is 14.6 Å². The molecule has 2 N–H and O–H groups in total. The van der Waals surface area contributed by atoms with Crippen molar-refractivity contribution in [3.63, 3.8) is 0 Å². The molecule has 194 valence electrons. The number of fused-ring (bicyclic) bond motifs is 1. The molecule has 0 saturated carbocycles. The number of hydrogen-bond acceptors (Lipinski definition) is 6. The zero-order valence-electron chi connectivity index (χ0n) is 21.0. The molecule has 0 aromatic heterocycles. The summed E-state index contributed by atoms with van der Waals surface area (Å²) in [5, 5.41) is 13.6.